The van der Waals surface area contributed by atoms with Crippen LogP contribution in [-0.2, 0) is 9.59 Å². The maximum absolute atomic E-state index is 12.7. The fourth-order valence-corrected chi connectivity index (χ4v) is 2.55. The van der Waals surface area contributed by atoms with Gasteiger partial charge in [-0.1, -0.05) is 0 Å². The molecule has 1 heterocycles. The number of carboxylic acids is 1. The monoisotopic (exact) mass is 320 g/mol. The van der Waals surface area contributed by atoms with Gasteiger partial charge < -0.3 is 19.6 Å². The van der Waals surface area contributed by atoms with Gasteiger partial charge in [-0.05, 0) is 32.3 Å². The van der Waals surface area contributed by atoms with Crippen molar-refractivity contribution in [2.45, 2.75) is 6.42 Å². The Morgan fingerprint density at radius 2 is 2.09 bits per heavy atom. The summed E-state index contributed by atoms with van der Waals surface area (Å²) in [6.45, 7) is 0.312. The van der Waals surface area contributed by atoms with Crippen molar-refractivity contribution < 1.29 is 24.2 Å². The Labute approximate surface area is 134 Å². The number of carbonyl (C=O) groups is 3. The molecular formula is C16H20N2O5. The van der Waals surface area contributed by atoms with Gasteiger partial charge in [-0.2, -0.15) is 0 Å². The largest absolute Gasteiger partial charge is 0.482 e. The predicted octanol–water partition coefficient (Wildman–Crippen LogP) is 0.877. The Balaban J connectivity index is 2.30. The number of Topliss-reactive ketones (excluding diaryl/α,β-unsaturated/α-hetero) is 1. The van der Waals surface area contributed by atoms with E-state index in [9.17, 15) is 14.4 Å². The van der Waals surface area contributed by atoms with Gasteiger partial charge in [-0.3, -0.25) is 14.4 Å². The second-order valence-corrected chi connectivity index (χ2v) is 5.85. The number of likely N-dealkylation sites (N-methyl/N-ethyl adjacent to an activating group) is 1. The second kappa shape index (κ2) is 6.78. The van der Waals surface area contributed by atoms with Crippen LogP contribution in [0.25, 0.3) is 0 Å². The minimum absolute atomic E-state index is 0.0287. The van der Waals surface area contributed by atoms with Gasteiger partial charge in [0.1, 0.15) is 5.75 Å². The molecule has 1 unspecified atom stereocenters. The third-order valence-corrected chi connectivity index (χ3v) is 3.71. The van der Waals surface area contributed by atoms with E-state index in [-0.39, 0.29) is 24.7 Å². The third kappa shape index (κ3) is 3.87. The number of carbonyl (C=O) groups excluding carboxylic acids is 2. The summed E-state index contributed by atoms with van der Waals surface area (Å²) in [6.07, 6.45) is -0.237. The first-order valence-corrected chi connectivity index (χ1v) is 7.23. The number of rotatable bonds is 6. The van der Waals surface area contributed by atoms with Gasteiger partial charge in [0.2, 0.25) is 0 Å². The van der Waals surface area contributed by atoms with Crippen LogP contribution >= 0.6 is 0 Å². The highest BCUT2D eigenvalue weighted by molar-refractivity contribution is 6.03. The zero-order chi connectivity index (χ0) is 17.1. The number of hydrogen-bond donors (Lipinski definition) is 1. The molecule has 124 valence electrons. The molecular weight excluding hydrogens is 300 g/mol. The quantitative estimate of drug-likeness (QED) is 0.783. The van der Waals surface area contributed by atoms with E-state index in [0.717, 1.165) is 0 Å². The normalized spacial score (nSPS) is 15.1. The lowest BCUT2D eigenvalue weighted by Crippen LogP contribution is -2.36. The van der Waals surface area contributed by atoms with Crippen LogP contribution in [-0.4, -0.2) is 62.0 Å². The standard InChI is InChI=1S/C16H20N2O5/c1-17(2)8-11(7-15(20)21)16(22)10-4-5-13-12(6-10)18(3)14(19)9-23-13/h4-6,11H,7-9H2,1-3H3,(H,20,21). The highest BCUT2D eigenvalue weighted by Crippen LogP contribution is 2.32. The molecule has 7 heteroatoms. The number of ketones is 1. The Kier molecular flexibility index (Phi) is 5.00. The predicted molar refractivity (Wildman–Crippen MR) is 84.0 cm³/mol. The first-order valence-electron chi connectivity index (χ1n) is 7.23. The lowest BCUT2D eigenvalue weighted by atomic mass is 9.93. The van der Waals surface area contributed by atoms with E-state index in [2.05, 4.69) is 0 Å². The van der Waals surface area contributed by atoms with Crippen molar-refractivity contribution in [1.29, 1.82) is 0 Å². The van der Waals surface area contributed by atoms with Gasteiger partial charge >= 0.3 is 5.97 Å². The number of carboxylic acid groups (broad SMARTS) is 1. The van der Waals surface area contributed by atoms with E-state index in [1.54, 1.807) is 44.2 Å². The Hall–Kier alpha value is -2.41. The summed E-state index contributed by atoms with van der Waals surface area (Å²) < 4.78 is 5.33. The van der Waals surface area contributed by atoms with Gasteiger partial charge in [0, 0.05) is 25.1 Å². The van der Waals surface area contributed by atoms with Gasteiger partial charge in [-0.25, -0.2) is 0 Å². The number of amides is 1. The van der Waals surface area contributed by atoms with Crippen molar-refractivity contribution >= 4 is 23.3 Å². The van der Waals surface area contributed by atoms with Crippen molar-refractivity contribution in [2.24, 2.45) is 5.92 Å². The number of aliphatic carboxylic acids is 1. The Bertz CT molecular complexity index is 641. The van der Waals surface area contributed by atoms with Crippen molar-refractivity contribution in [3.05, 3.63) is 23.8 Å². The first kappa shape index (κ1) is 17.0. The van der Waals surface area contributed by atoms with E-state index >= 15 is 0 Å². The average Bonchev–Trinajstić information content (AvgIpc) is 2.48. The molecule has 1 aromatic rings. The molecule has 2 rings (SSSR count). The number of hydrogen-bond acceptors (Lipinski definition) is 5. The summed E-state index contributed by atoms with van der Waals surface area (Å²) >= 11 is 0. The zero-order valence-corrected chi connectivity index (χ0v) is 13.4. The van der Waals surface area contributed by atoms with Gasteiger partial charge in [0.25, 0.3) is 5.91 Å². The van der Waals surface area contributed by atoms with Crippen LogP contribution < -0.4 is 9.64 Å². The minimum Gasteiger partial charge on any atom is -0.482 e. The SMILES string of the molecule is CN(C)CC(CC(=O)O)C(=O)c1ccc2c(c1)N(C)C(=O)CO2. The molecule has 1 N–H and O–H groups in total. The van der Waals surface area contributed by atoms with Crippen LogP contribution in [0.5, 0.6) is 5.75 Å². The topological polar surface area (TPSA) is 87.2 Å². The van der Waals surface area contributed by atoms with E-state index in [1.165, 1.54) is 4.90 Å². The summed E-state index contributed by atoms with van der Waals surface area (Å²) in [4.78, 5) is 38.6. The zero-order valence-electron chi connectivity index (χ0n) is 13.4. The molecule has 1 amide bonds. The summed E-state index contributed by atoms with van der Waals surface area (Å²) in [6, 6.07) is 4.83. The van der Waals surface area contributed by atoms with Gasteiger partial charge in [-0.15, -0.1) is 0 Å². The first-order chi connectivity index (χ1) is 10.8. The molecule has 0 radical (unpaired) electrons. The molecule has 0 fully saturated rings. The lowest BCUT2D eigenvalue weighted by Gasteiger charge is -2.26. The van der Waals surface area contributed by atoms with Crippen molar-refractivity contribution in [3.63, 3.8) is 0 Å². The number of fused-ring (bicyclic) bond motifs is 1. The molecule has 7 nitrogen and oxygen atoms in total. The number of anilines is 1. The van der Waals surface area contributed by atoms with E-state index < -0.39 is 11.9 Å². The highest BCUT2D eigenvalue weighted by atomic mass is 16.5. The molecule has 0 aromatic heterocycles. The van der Waals surface area contributed by atoms with Crippen molar-refractivity contribution in [1.82, 2.24) is 4.90 Å². The van der Waals surface area contributed by atoms with Crippen LogP contribution in [0.4, 0.5) is 5.69 Å². The molecule has 0 bridgehead atoms. The summed E-state index contributed by atoms with van der Waals surface area (Å²) in [7, 11) is 5.19. The summed E-state index contributed by atoms with van der Waals surface area (Å²) in [5.74, 6) is -1.58. The highest BCUT2D eigenvalue weighted by Gasteiger charge is 2.27. The third-order valence-electron chi connectivity index (χ3n) is 3.71. The fourth-order valence-electron chi connectivity index (χ4n) is 2.55. The summed E-state index contributed by atoms with van der Waals surface area (Å²) in [5.41, 5.74) is 0.896. The smallest absolute Gasteiger partial charge is 0.304 e. The molecule has 0 saturated heterocycles. The molecule has 1 aromatic carbocycles. The molecule has 0 saturated carbocycles. The lowest BCUT2D eigenvalue weighted by molar-refractivity contribution is -0.137. The molecule has 0 aliphatic carbocycles. The fraction of sp³-hybridized carbons (Fsp3) is 0.438. The van der Waals surface area contributed by atoms with E-state index in [0.29, 0.717) is 23.5 Å². The maximum atomic E-state index is 12.7. The molecule has 1 aliphatic heterocycles. The molecule has 23 heavy (non-hydrogen) atoms. The van der Waals surface area contributed by atoms with Gasteiger partial charge in [0.05, 0.1) is 12.1 Å². The van der Waals surface area contributed by atoms with Crippen molar-refractivity contribution in [2.75, 3.05) is 39.2 Å². The molecule has 1 aliphatic rings. The van der Waals surface area contributed by atoms with Crippen LogP contribution in [0.3, 0.4) is 0 Å². The van der Waals surface area contributed by atoms with E-state index in [4.69, 9.17) is 9.84 Å². The average molecular weight is 320 g/mol. The minimum atomic E-state index is -1.02. The Morgan fingerprint density at radius 1 is 1.39 bits per heavy atom. The Morgan fingerprint density at radius 3 is 2.70 bits per heavy atom. The second-order valence-electron chi connectivity index (χ2n) is 5.85. The number of nitrogens with zero attached hydrogens (tertiary/aromatic N) is 2. The summed E-state index contributed by atoms with van der Waals surface area (Å²) in [5, 5.41) is 9.02. The molecule has 0 spiro atoms. The van der Waals surface area contributed by atoms with Crippen LogP contribution in [0.15, 0.2) is 18.2 Å². The maximum Gasteiger partial charge on any atom is 0.304 e. The van der Waals surface area contributed by atoms with Gasteiger partial charge in [0.15, 0.2) is 12.4 Å². The van der Waals surface area contributed by atoms with Crippen LogP contribution in [0.1, 0.15) is 16.8 Å². The molecule has 1 atom stereocenters. The number of benzene rings is 1. The number of ether oxygens (including phenoxy) is 1. The van der Waals surface area contributed by atoms with E-state index in [1.807, 2.05) is 0 Å². The van der Waals surface area contributed by atoms with Crippen LogP contribution in [0.2, 0.25) is 0 Å². The van der Waals surface area contributed by atoms with Crippen molar-refractivity contribution in [3.8, 4) is 5.75 Å². The van der Waals surface area contributed by atoms with Crippen LogP contribution in [0, 0.1) is 5.92 Å².